The van der Waals surface area contributed by atoms with Crippen LogP contribution in [-0.2, 0) is 4.79 Å². The first-order chi connectivity index (χ1) is 15.9. The molecule has 0 saturated carbocycles. The zero-order valence-electron chi connectivity index (χ0n) is 18.0. The van der Waals surface area contributed by atoms with Gasteiger partial charge in [-0.05, 0) is 61.6 Å². The maximum atomic E-state index is 13.8. The van der Waals surface area contributed by atoms with Crippen LogP contribution in [0.3, 0.4) is 0 Å². The number of rotatable bonds is 4. The Balaban J connectivity index is 1.64. The van der Waals surface area contributed by atoms with Crippen LogP contribution in [0.1, 0.15) is 18.5 Å². The first-order valence-electron chi connectivity index (χ1n) is 10.5. The molecule has 1 saturated heterocycles. The third kappa shape index (κ3) is 3.57. The number of para-hydroxylation sites is 2. The van der Waals surface area contributed by atoms with E-state index in [2.05, 4.69) is 10.6 Å². The third-order valence-corrected chi connectivity index (χ3v) is 6.67. The van der Waals surface area contributed by atoms with E-state index >= 15 is 0 Å². The minimum atomic E-state index is -1.12. The number of carbonyl (C=O) groups is 1. The number of benzene rings is 3. The van der Waals surface area contributed by atoms with Gasteiger partial charge in [0.2, 0.25) is 5.91 Å². The maximum absolute atomic E-state index is 13.8. The minimum absolute atomic E-state index is 0.200. The lowest BCUT2D eigenvalue weighted by atomic mass is 9.78. The third-order valence-electron chi connectivity index (χ3n) is 6.12. The van der Waals surface area contributed by atoms with Crippen molar-refractivity contribution in [1.29, 1.82) is 0 Å². The van der Waals surface area contributed by atoms with Crippen molar-refractivity contribution in [3.05, 3.63) is 83.4 Å². The fourth-order valence-corrected chi connectivity index (χ4v) is 5.19. The number of carbonyl (C=O) groups excluding carboxylic acids is 1. The first kappa shape index (κ1) is 21.6. The van der Waals surface area contributed by atoms with Crippen LogP contribution in [0.25, 0.3) is 0 Å². The van der Waals surface area contributed by atoms with E-state index in [0.29, 0.717) is 27.3 Å². The van der Waals surface area contributed by atoms with Gasteiger partial charge in [-0.2, -0.15) is 0 Å². The molecule has 3 aromatic carbocycles. The molecule has 0 aliphatic carbocycles. The largest absolute Gasteiger partial charge is 0.493 e. The Kier molecular flexibility index (Phi) is 5.38. The molecular formula is C25H22ClN3O3S. The Morgan fingerprint density at radius 1 is 1.12 bits per heavy atom. The Bertz CT molecular complexity index is 1220. The Morgan fingerprint density at radius 3 is 2.55 bits per heavy atom. The summed E-state index contributed by atoms with van der Waals surface area (Å²) in [6.07, 6.45) is 0. The zero-order valence-corrected chi connectivity index (χ0v) is 19.6. The van der Waals surface area contributed by atoms with E-state index in [-0.39, 0.29) is 5.91 Å². The lowest BCUT2D eigenvalue weighted by Gasteiger charge is -2.56. The summed E-state index contributed by atoms with van der Waals surface area (Å²) in [4.78, 5) is 15.6. The predicted molar refractivity (Wildman–Crippen MR) is 133 cm³/mol. The van der Waals surface area contributed by atoms with Gasteiger partial charge in [0, 0.05) is 22.0 Å². The monoisotopic (exact) mass is 479 g/mol. The van der Waals surface area contributed by atoms with Crippen LogP contribution in [0.2, 0.25) is 5.02 Å². The molecule has 8 heteroatoms. The molecule has 1 fully saturated rings. The molecule has 0 spiro atoms. The molecular weight excluding hydrogens is 458 g/mol. The number of halogens is 1. The van der Waals surface area contributed by atoms with Crippen LogP contribution in [0.15, 0.2) is 72.8 Å². The number of hydrogen-bond donors (Lipinski definition) is 2. The molecule has 33 heavy (non-hydrogen) atoms. The van der Waals surface area contributed by atoms with Crippen molar-refractivity contribution in [2.45, 2.75) is 18.7 Å². The van der Waals surface area contributed by atoms with Crippen LogP contribution in [0.5, 0.6) is 11.5 Å². The summed E-state index contributed by atoms with van der Waals surface area (Å²) in [5, 5.41) is 7.50. The molecule has 6 nitrogen and oxygen atoms in total. The number of amides is 1. The SMILES string of the molecule is COc1cccc2c1O[C@@]1(C)[C@@H](C(=O)Nc3ccc(Cl)cc3)[C@@H]2NC(=S)N1c1ccccc1. The second-order valence-electron chi connectivity index (χ2n) is 8.11. The summed E-state index contributed by atoms with van der Waals surface area (Å²) in [6, 6.07) is 21.9. The molecule has 2 heterocycles. The van der Waals surface area contributed by atoms with E-state index in [1.54, 1.807) is 31.4 Å². The Labute approximate surface area is 202 Å². The minimum Gasteiger partial charge on any atom is -0.493 e. The van der Waals surface area contributed by atoms with Crippen molar-refractivity contribution in [3.8, 4) is 11.5 Å². The van der Waals surface area contributed by atoms with Gasteiger partial charge in [-0.25, -0.2) is 0 Å². The van der Waals surface area contributed by atoms with Crippen LogP contribution in [0, 0.1) is 5.92 Å². The topological polar surface area (TPSA) is 62.8 Å². The summed E-state index contributed by atoms with van der Waals surface area (Å²) in [5.41, 5.74) is 1.17. The molecule has 0 aromatic heterocycles. The van der Waals surface area contributed by atoms with Gasteiger partial charge in [0.25, 0.3) is 0 Å². The second-order valence-corrected chi connectivity index (χ2v) is 8.93. The van der Waals surface area contributed by atoms with Crippen molar-refractivity contribution < 1.29 is 14.3 Å². The van der Waals surface area contributed by atoms with Crippen LogP contribution >= 0.6 is 23.8 Å². The number of fused-ring (bicyclic) bond motifs is 4. The Hall–Kier alpha value is -3.29. The smallest absolute Gasteiger partial charge is 0.236 e. The number of methoxy groups -OCH3 is 1. The van der Waals surface area contributed by atoms with Crippen molar-refractivity contribution in [2.75, 3.05) is 17.3 Å². The fraction of sp³-hybridized carbons (Fsp3) is 0.200. The average molecular weight is 480 g/mol. The number of nitrogens with zero attached hydrogens (tertiary/aromatic N) is 1. The van der Waals surface area contributed by atoms with E-state index in [4.69, 9.17) is 33.3 Å². The van der Waals surface area contributed by atoms with Crippen molar-refractivity contribution in [3.63, 3.8) is 0 Å². The highest BCUT2D eigenvalue weighted by Gasteiger charge is 2.59. The number of hydrogen-bond acceptors (Lipinski definition) is 4. The highest BCUT2D eigenvalue weighted by molar-refractivity contribution is 7.80. The van der Waals surface area contributed by atoms with Crippen LogP contribution in [0.4, 0.5) is 11.4 Å². The molecule has 1 amide bonds. The normalized spacial score (nSPS) is 23.1. The highest BCUT2D eigenvalue weighted by atomic mass is 35.5. The molecule has 3 aromatic rings. The number of thiocarbonyl (C=S) groups is 1. The lowest BCUT2D eigenvalue weighted by Crippen LogP contribution is -2.72. The maximum Gasteiger partial charge on any atom is 0.236 e. The Morgan fingerprint density at radius 2 is 1.85 bits per heavy atom. The molecule has 0 radical (unpaired) electrons. The highest BCUT2D eigenvalue weighted by Crippen LogP contribution is 2.52. The summed E-state index contributed by atoms with van der Waals surface area (Å²) in [7, 11) is 1.60. The fourth-order valence-electron chi connectivity index (χ4n) is 4.65. The molecule has 2 aliphatic heterocycles. The van der Waals surface area contributed by atoms with Crippen molar-refractivity contribution in [2.24, 2.45) is 5.92 Å². The van der Waals surface area contributed by atoms with Gasteiger partial charge >= 0.3 is 0 Å². The predicted octanol–water partition coefficient (Wildman–Crippen LogP) is 5.15. The van der Waals surface area contributed by atoms with Gasteiger partial charge in [-0.3, -0.25) is 9.69 Å². The standard InChI is InChI=1S/C25H22ClN3O3S/c1-25-20(23(30)27-16-13-11-15(26)12-14-16)21(18-9-6-10-19(31-2)22(18)32-25)28-24(33)29(25)17-7-4-3-5-8-17/h3-14,20-21H,1-2H3,(H,27,30)(H,28,33)/t20-,21-,25+/m1/s1. The van der Waals surface area contributed by atoms with E-state index in [1.165, 1.54) is 0 Å². The summed E-state index contributed by atoms with van der Waals surface area (Å²) >= 11 is 11.8. The lowest BCUT2D eigenvalue weighted by molar-refractivity contribution is -0.130. The summed E-state index contributed by atoms with van der Waals surface area (Å²) < 4.78 is 12.2. The van der Waals surface area contributed by atoms with Crippen molar-refractivity contribution >= 4 is 46.2 Å². The number of nitrogens with one attached hydrogen (secondary N) is 2. The van der Waals surface area contributed by atoms with Gasteiger partial charge in [-0.15, -0.1) is 0 Å². The molecule has 0 unspecified atom stereocenters. The quantitative estimate of drug-likeness (QED) is 0.505. The molecule has 3 atom stereocenters. The van der Waals surface area contributed by atoms with Gasteiger partial charge in [0.05, 0.1) is 13.2 Å². The molecule has 2 aliphatic rings. The average Bonchev–Trinajstić information content (AvgIpc) is 2.80. The van der Waals surface area contributed by atoms with Gasteiger partial charge in [0.15, 0.2) is 22.3 Å². The molecule has 5 rings (SSSR count). The van der Waals surface area contributed by atoms with E-state index < -0.39 is 17.7 Å². The van der Waals surface area contributed by atoms with E-state index in [9.17, 15) is 4.79 Å². The van der Waals surface area contributed by atoms with Gasteiger partial charge in [0.1, 0.15) is 5.92 Å². The van der Waals surface area contributed by atoms with E-state index in [1.807, 2.05) is 60.4 Å². The van der Waals surface area contributed by atoms with Gasteiger partial charge in [-0.1, -0.05) is 41.9 Å². The van der Waals surface area contributed by atoms with Crippen molar-refractivity contribution in [1.82, 2.24) is 5.32 Å². The molecule has 2 bridgehead atoms. The molecule has 2 N–H and O–H groups in total. The second kappa shape index (κ2) is 8.24. The summed E-state index contributed by atoms with van der Waals surface area (Å²) in [5.74, 6) is 0.357. The van der Waals surface area contributed by atoms with Crippen LogP contribution in [-0.4, -0.2) is 23.9 Å². The molecule has 168 valence electrons. The number of anilines is 2. The number of ether oxygens (including phenoxy) is 2. The van der Waals surface area contributed by atoms with Crippen LogP contribution < -0.4 is 25.0 Å². The van der Waals surface area contributed by atoms with Gasteiger partial charge < -0.3 is 20.1 Å². The zero-order chi connectivity index (χ0) is 23.2. The first-order valence-corrected chi connectivity index (χ1v) is 11.3. The summed E-state index contributed by atoms with van der Waals surface area (Å²) in [6.45, 7) is 1.89. The van der Waals surface area contributed by atoms with E-state index in [0.717, 1.165) is 11.3 Å².